The molecule has 2 rings (SSSR count). The fourth-order valence-corrected chi connectivity index (χ4v) is 4.11. The van der Waals surface area contributed by atoms with Crippen molar-refractivity contribution < 1.29 is 19.1 Å². The van der Waals surface area contributed by atoms with Gasteiger partial charge in [-0.25, -0.2) is 4.98 Å². The molecule has 0 spiro atoms. The summed E-state index contributed by atoms with van der Waals surface area (Å²) in [6.45, 7) is 7.73. The summed E-state index contributed by atoms with van der Waals surface area (Å²) >= 11 is 1.46. The van der Waals surface area contributed by atoms with Crippen LogP contribution in [0, 0.1) is 12.8 Å². The highest BCUT2D eigenvalue weighted by atomic mass is 32.1. The van der Waals surface area contributed by atoms with Crippen molar-refractivity contribution in [2.45, 2.75) is 52.6 Å². The van der Waals surface area contributed by atoms with Crippen molar-refractivity contribution >= 4 is 23.2 Å². The Bertz CT molecular complexity index is 594. The first-order chi connectivity index (χ1) is 11.9. The topological polar surface area (TPSA) is 68.7 Å². The van der Waals surface area contributed by atoms with Crippen molar-refractivity contribution in [2.75, 3.05) is 26.8 Å². The summed E-state index contributed by atoms with van der Waals surface area (Å²) in [7, 11) is 1.36. The monoisotopic (exact) mass is 368 g/mol. The predicted octanol–water partition coefficient (Wildman–Crippen LogP) is 2.83. The molecule has 1 aliphatic heterocycles. The van der Waals surface area contributed by atoms with Crippen LogP contribution in [0.5, 0.6) is 0 Å². The van der Waals surface area contributed by atoms with Crippen molar-refractivity contribution in [1.82, 2.24) is 9.88 Å². The van der Waals surface area contributed by atoms with Gasteiger partial charge < -0.3 is 14.4 Å². The van der Waals surface area contributed by atoms with Gasteiger partial charge in [-0.3, -0.25) is 9.59 Å². The Morgan fingerprint density at radius 3 is 2.80 bits per heavy atom. The molecule has 0 radical (unpaired) electrons. The van der Waals surface area contributed by atoms with Crippen molar-refractivity contribution in [1.29, 1.82) is 0 Å². The van der Waals surface area contributed by atoms with Gasteiger partial charge in [0.05, 0.1) is 30.3 Å². The van der Waals surface area contributed by atoms with E-state index in [1.54, 1.807) is 4.90 Å². The van der Waals surface area contributed by atoms with Gasteiger partial charge >= 0.3 is 5.97 Å². The number of nitrogens with zero attached hydrogens (tertiary/aromatic N) is 2. The van der Waals surface area contributed by atoms with Gasteiger partial charge in [0.1, 0.15) is 4.88 Å². The summed E-state index contributed by atoms with van der Waals surface area (Å²) < 4.78 is 10.4. The van der Waals surface area contributed by atoms with Gasteiger partial charge in [0.2, 0.25) is 0 Å². The molecule has 140 valence electrons. The maximum absolute atomic E-state index is 13.0. The second-order valence-electron chi connectivity index (χ2n) is 6.83. The number of aryl methyl sites for hydroxylation is 1. The minimum atomic E-state index is -0.313. The van der Waals surface area contributed by atoms with Gasteiger partial charge in [0.15, 0.2) is 0 Å². The lowest BCUT2D eigenvalue weighted by molar-refractivity contribution is -0.140. The number of carbonyl (C=O) groups excluding carboxylic acids is 2. The lowest BCUT2D eigenvalue weighted by Crippen LogP contribution is -2.38. The van der Waals surface area contributed by atoms with Crippen LogP contribution in [0.25, 0.3) is 0 Å². The first-order valence-corrected chi connectivity index (χ1v) is 9.66. The van der Waals surface area contributed by atoms with E-state index in [-0.39, 0.29) is 24.4 Å². The third kappa shape index (κ3) is 5.78. The molecule has 1 unspecified atom stereocenters. The molecule has 1 fully saturated rings. The molecule has 7 heteroatoms. The first-order valence-electron chi connectivity index (χ1n) is 8.84. The van der Waals surface area contributed by atoms with E-state index in [1.165, 1.54) is 18.4 Å². The van der Waals surface area contributed by atoms with Crippen LogP contribution in [-0.2, 0) is 20.7 Å². The number of thiazole rings is 1. The van der Waals surface area contributed by atoms with E-state index in [0.717, 1.165) is 36.6 Å². The number of aromatic nitrogens is 1. The molecule has 0 aromatic carbocycles. The molecule has 25 heavy (non-hydrogen) atoms. The van der Waals surface area contributed by atoms with Gasteiger partial charge in [-0.05, 0) is 25.7 Å². The predicted molar refractivity (Wildman–Crippen MR) is 96.9 cm³/mol. The highest BCUT2D eigenvalue weighted by Crippen LogP contribution is 2.23. The maximum atomic E-state index is 13.0. The Kier molecular flexibility index (Phi) is 7.38. The van der Waals surface area contributed by atoms with E-state index in [4.69, 9.17) is 9.47 Å². The van der Waals surface area contributed by atoms with Crippen molar-refractivity contribution in [3.05, 3.63) is 15.6 Å². The molecule has 1 saturated heterocycles. The van der Waals surface area contributed by atoms with E-state index in [0.29, 0.717) is 23.9 Å². The lowest BCUT2D eigenvalue weighted by atomic mass is 10.1. The molecule has 2 heterocycles. The molecule has 1 atom stereocenters. The number of carbonyl (C=O) groups is 2. The third-order valence-corrected chi connectivity index (χ3v) is 5.33. The van der Waals surface area contributed by atoms with Crippen LogP contribution in [-0.4, -0.2) is 54.7 Å². The van der Waals surface area contributed by atoms with Crippen molar-refractivity contribution in [3.8, 4) is 0 Å². The number of hydrogen-bond acceptors (Lipinski definition) is 6. The van der Waals surface area contributed by atoms with Gasteiger partial charge in [0, 0.05) is 26.1 Å². The molecule has 0 N–H and O–H groups in total. The minimum absolute atomic E-state index is 0.0463. The first kappa shape index (κ1) is 19.8. The second-order valence-corrected chi connectivity index (χ2v) is 7.92. The van der Waals surface area contributed by atoms with Gasteiger partial charge in [-0.15, -0.1) is 11.3 Å². The van der Waals surface area contributed by atoms with E-state index in [1.807, 2.05) is 6.92 Å². The number of rotatable bonds is 8. The number of ether oxygens (including phenoxy) is 2. The summed E-state index contributed by atoms with van der Waals surface area (Å²) in [5.74, 6) is 0.117. The molecule has 0 saturated carbocycles. The standard InChI is InChI=1S/C18H28N2O4S/c1-12(2)10-15-19-13(3)17(25-15)18(22)20(8-7-16(21)23-4)11-14-6-5-9-24-14/h12,14H,5-11H2,1-4H3. The maximum Gasteiger partial charge on any atom is 0.307 e. The summed E-state index contributed by atoms with van der Waals surface area (Å²) in [5.41, 5.74) is 0.765. The SMILES string of the molecule is COC(=O)CCN(CC1CCCO1)C(=O)c1sc(CC(C)C)nc1C. The summed E-state index contributed by atoms with van der Waals surface area (Å²) in [6.07, 6.45) is 3.06. The Balaban J connectivity index is 2.12. The quantitative estimate of drug-likeness (QED) is 0.660. The zero-order valence-electron chi connectivity index (χ0n) is 15.5. The van der Waals surface area contributed by atoms with Crippen molar-refractivity contribution in [2.24, 2.45) is 5.92 Å². The Morgan fingerprint density at radius 1 is 1.44 bits per heavy atom. The normalized spacial score (nSPS) is 17.1. The smallest absolute Gasteiger partial charge is 0.307 e. The summed E-state index contributed by atoms with van der Waals surface area (Å²) in [4.78, 5) is 31.5. The van der Waals surface area contributed by atoms with Crippen LogP contribution in [0.3, 0.4) is 0 Å². The van der Waals surface area contributed by atoms with Crippen LogP contribution in [0.4, 0.5) is 0 Å². The van der Waals surface area contributed by atoms with Crippen LogP contribution in [0.1, 0.15) is 53.5 Å². The average Bonchev–Trinajstić information content (AvgIpc) is 3.19. The number of esters is 1. The summed E-state index contributed by atoms with van der Waals surface area (Å²) in [6, 6.07) is 0. The van der Waals surface area contributed by atoms with Crippen LogP contribution in [0.2, 0.25) is 0 Å². The molecule has 0 aliphatic carbocycles. The second kappa shape index (κ2) is 9.29. The summed E-state index contributed by atoms with van der Waals surface area (Å²) in [5, 5.41) is 0.987. The Labute approximate surface area is 153 Å². The van der Waals surface area contributed by atoms with Crippen molar-refractivity contribution in [3.63, 3.8) is 0 Å². The molecule has 6 nitrogen and oxygen atoms in total. The molecule has 1 aromatic rings. The largest absolute Gasteiger partial charge is 0.469 e. The zero-order valence-corrected chi connectivity index (χ0v) is 16.4. The zero-order chi connectivity index (χ0) is 18.4. The molecule has 1 aliphatic rings. The minimum Gasteiger partial charge on any atom is -0.469 e. The van der Waals surface area contributed by atoms with Crippen LogP contribution >= 0.6 is 11.3 Å². The van der Waals surface area contributed by atoms with E-state index < -0.39 is 0 Å². The fraction of sp³-hybridized carbons (Fsp3) is 0.722. The van der Waals surface area contributed by atoms with E-state index in [2.05, 4.69) is 18.8 Å². The van der Waals surface area contributed by atoms with Gasteiger partial charge in [-0.1, -0.05) is 13.8 Å². The number of hydrogen-bond donors (Lipinski definition) is 0. The molecular weight excluding hydrogens is 340 g/mol. The van der Waals surface area contributed by atoms with Gasteiger partial charge in [0.25, 0.3) is 5.91 Å². The van der Waals surface area contributed by atoms with E-state index >= 15 is 0 Å². The molecular formula is C18H28N2O4S. The average molecular weight is 368 g/mol. The number of methoxy groups -OCH3 is 1. The van der Waals surface area contributed by atoms with Gasteiger partial charge in [-0.2, -0.15) is 0 Å². The highest BCUT2D eigenvalue weighted by molar-refractivity contribution is 7.13. The fourth-order valence-electron chi connectivity index (χ4n) is 2.87. The van der Waals surface area contributed by atoms with Crippen LogP contribution in [0.15, 0.2) is 0 Å². The Morgan fingerprint density at radius 2 is 2.20 bits per heavy atom. The molecule has 1 aromatic heterocycles. The molecule has 0 bridgehead atoms. The lowest BCUT2D eigenvalue weighted by Gasteiger charge is -2.24. The Hall–Kier alpha value is -1.47. The molecule has 1 amide bonds. The third-order valence-electron chi connectivity index (χ3n) is 4.17. The highest BCUT2D eigenvalue weighted by Gasteiger charge is 2.26. The van der Waals surface area contributed by atoms with Crippen LogP contribution < -0.4 is 0 Å². The van der Waals surface area contributed by atoms with E-state index in [9.17, 15) is 9.59 Å². The number of amides is 1.